The molecule has 0 saturated heterocycles. The van der Waals surface area contributed by atoms with E-state index in [-0.39, 0.29) is 5.88 Å². The number of aliphatic hydroxyl groups is 2. The molecular formula is C5H6N2O2+. The molecule has 0 aromatic heterocycles. The zero-order valence-electron chi connectivity index (χ0n) is 4.87. The van der Waals surface area contributed by atoms with Gasteiger partial charge in [-0.25, -0.2) is 0 Å². The van der Waals surface area contributed by atoms with Crippen LogP contribution in [0.5, 0.6) is 0 Å². The molecule has 0 spiro atoms. The monoisotopic (exact) mass is 126 g/mol. The minimum atomic E-state index is -0.405. The number of amidine groups is 1. The Hall–Kier alpha value is -1.32. The summed E-state index contributed by atoms with van der Waals surface area (Å²) >= 11 is 0. The van der Waals surface area contributed by atoms with E-state index in [4.69, 9.17) is 10.2 Å². The molecule has 1 radical (unpaired) electrons. The Balaban J connectivity index is 3.01. The number of hydrogen-bond donors (Lipinski definition) is 2. The summed E-state index contributed by atoms with van der Waals surface area (Å²) in [6.07, 6.45) is 1.34. The highest BCUT2D eigenvalue weighted by molar-refractivity contribution is 5.91. The Morgan fingerprint density at radius 2 is 2.22 bits per heavy atom. The standard InChI is InChI=1S/C5H6N2O2/c1-3-2-6-5(9)7-4(3)8/h2H,1H3,(H2,6,8,9)/q+1. The van der Waals surface area contributed by atoms with Gasteiger partial charge in [0.2, 0.25) is 0 Å². The molecule has 1 heterocycles. The molecule has 1 aliphatic heterocycles. The van der Waals surface area contributed by atoms with Crippen LogP contribution in [0, 0.1) is 0 Å². The average molecular weight is 126 g/mol. The molecule has 0 bridgehead atoms. The van der Waals surface area contributed by atoms with Crippen LogP contribution in [0.1, 0.15) is 6.92 Å². The van der Waals surface area contributed by atoms with Gasteiger partial charge < -0.3 is 10.2 Å². The summed E-state index contributed by atoms with van der Waals surface area (Å²) in [7, 11) is 0. The lowest BCUT2D eigenvalue weighted by molar-refractivity contribution is 0.379. The van der Waals surface area contributed by atoms with Crippen molar-refractivity contribution in [3.8, 4) is 0 Å². The molecule has 4 heteroatoms. The van der Waals surface area contributed by atoms with Crippen molar-refractivity contribution in [1.82, 2.24) is 4.99 Å². The number of rotatable bonds is 0. The molecule has 1 aliphatic rings. The molecule has 0 aromatic carbocycles. The van der Waals surface area contributed by atoms with Crippen LogP contribution in [0.3, 0.4) is 0 Å². The topological polar surface area (TPSA) is 66.9 Å². The van der Waals surface area contributed by atoms with Crippen molar-refractivity contribution in [3.05, 3.63) is 11.5 Å². The summed E-state index contributed by atoms with van der Waals surface area (Å²) in [5.41, 5.74) is 0.549. The maximum Gasteiger partial charge on any atom is 0.541 e. The molecule has 0 saturated carbocycles. The third-order valence-electron chi connectivity index (χ3n) is 0.932. The summed E-state index contributed by atoms with van der Waals surface area (Å²) in [5, 5.41) is 17.3. The fourth-order valence-electron chi connectivity index (χ4n) is 0.424. The van der Waals surface area contributed by atoms with E-state index >= 15 is 0 Å². The quantitative estimate of drug-likeness (QED) is 0.483. The van der Waals surface area contributed by atoms with E-state index in [0.717, 1.165) is 0 Å². The van der Waals surface area contributed by atoms with Crippen LogP contribution in [0.4, 0.5) is 0 Å². The molecular weight excluding hydrogens is 120 g/mol. The summed E-state index contributed by atoms with van der Waals surface area (Å²) < 4.78 is 0. The number of aliphatic hydroxyl groups excluding tert-OH is 2. The van der Waals surface area contributed by atoms with Gasteiger partial charge in [-0.3, -0.25) is 0 Å². The minimum absolute atomic E-state index is 0.178. The molecule has 2 N–H and O–H groups in total. The first-order valence-corrected chi connectivity index (χ1v) is 2.41. The highest BCUT2D eigenvalue weighted by atomic mass is 16.3. The molecule has 1 rings (SSSR count). The predicted octanol–water partition coefficient (Wildman–Crippen LogP) is 0.110. The maximum absolute atomic E-state index is 8.79. The summed E-state index contributed by atoms with van der Waals surface area (Å²) in [6, 6.07) is -0.405. The van der Waals surface area contributed by atoms with Gasteiger partial charge in [0.15, 0.2) is 6.21 Å². The summed E-state index contributed by atoms with van der Waals surface area (Å²) in [6.45, 7) is 1.65. The van der Waals surface area contributed by atoms with Gasteiger partial charge >= 0.3 is 11.9 Å². The Bertz CT molecular complexity index is 215. The third kappa shape index (κ3) is 1.07. The van der Waals surface area contributed by atoms with Crippen molar-refractivity contribution >= 4 is 12.2 Å². The molecule has 47 valence electrons. The highest BCUT2D eigenvalue weighted by Gasteiger charge is 2.16. The van der Waals surface area contributed by atoms with Crippen LogP contribution >= 0.6 is 0 Å². The zero-order valence-corrected chi connectivity index (χ0v) is 4.87. The fraction of sp³-hybridized carbons (Fsp3) is 0.200. The minimum Gasteiger partial charge on any atom is -0.475 e. The van der Waals surface area contributed by atoms with Gasteiger partial charge in [0.1, 0.15) is 0 Å². The first kappa shape index (κ1) is 5.81. The number of hydrogen-bond acceptors (Lipinski definition) is 3. The van der Waals surface area contributed by atoms with Crippen molar-refractivity contribution in [1.29, 1.82) is 0 Å². The lowest BCUT2D eigenvalue weighted by atomic mass is 10.3. The average Bonchev–Trinajstić information content (AvgIpc) is 1.80. The second-order valence-electron chi connectivity index (χ2n) is 1.68. The van der Waals surface area contributed by atoms with Crippen LogP contribution in [-0.4, -0.2) is 22.4 Å². The SMILES string of the molecule is CC1=C(O)[N+]=C(O)N=C1. The van der Waals surface area contributed by atoms with Gasteiger partial charge in [-0.15, -0.1) is 0 Å². The Labute approximate surface area is 51.9 Å². The van der Waals surface area contributed by atoms with Crippen LogP contribution in [-0.2, 0) is 0 Å². The van der Waals surface area contributed by atoms with E-state index in [1.165, 1.54) is 6.21 Å². The lowest BCUT2D eigenvalue weighted by Crippen LogP contribution is -2.11. The first-order chi connectivity index (χ1) is 4.20. The molecule has 9 heavy (non-hydrogen) atoms. The molecule has 0 amide bonds. The molecule has 0 unspecified atom stereocenters. The van der Waals surface area contributed by atoms with Crippen molar-refractivity contribution in [2.24, 2.45) is 4.99 Å². The second-order valence-corrected chi connectivity index (χ2v) is 1.68. The van der Waals surface area contributed by atoms with Crippen LogP contribution in [0.15, 0.2) is 16.4 Å². The molecule has 0 aliphatic carbocycles. The van der Waals surface area contributed by atoms with Gasteiger partial charge in [-0.2, -0.15) is 0 Å². The van der Waals surface area contributed by atoms with E-state index in [1.54, 1.807) is 6.92 Å². The van der Waals surface area contributed by atoms with Crippen LogP contribution < -0.4 is 4.99 Å². The summed E-state index contributed by atoms with van der Waals surface area (Å²) in [4.78, 5) is 6.70. The molecule has 0 fully saturated rings. The fourth-order valence-corrected chi connectivity index (χ4v) is 0.424. The Morgan fingerprint density at radius 3 is 2.67 bits per heavy atom. The Morgan fingerprint density at radius 1 is 1.56 bits per heavy atom. The van der Waals surface area contributed by atoms with Crippen molar-refractivity contribution in [2.45, 2.75) is 6.92 Å². The zero-order chi connectivity index (χ0) is 6.85. The van der Waals surface area contributed by atoms with E-state index in [9.17, 15) is 0 Å². The van der Waals surface area contributed by atoms with Crippen molar-refractivity contribution in [3.63, 3.8) is 0 Å². The van der Waals surface area contributed by atoms with Crippen LogP contribution in [0.2, 0.25) is 0 Å². The van der Waals surface area contributed by atoms with E-state index < -0.39 is 6.02 Å². The molecule has 0 atom stereocenters. The third-order valence-corrected chi connectivity index (χ3v) is 0.932. The Kier molecular flexibility index (Phi) is 1.22. The largest absolute Gasteiger partial charge is 0.541 e. The van der Waals surface area contributed by atoms with E-state index in [2.05, 4.69) is 9.98 Å². The first-order valence-electron chi connectivity index (χ1n) is 2.41. The van der Waals surface area contributed by atoms with Gasteiger partial charge in [-0.05, 0) is 11.9 Å². The van der Waals surface area contributed by atoms with Gasteiger partial charge in [-0.1, -0.05) is 0 Å². The van der Waals surface area contributed by atoms with Gasteiger partial charge in [0.25, 0.3) is 0 Å². The number of aliphatic imine (C=N–C) groups is 2. The normalized spacial score (nSPS) is 18.1. The predicted molar refractivity (Wildman–Crippen MR) is 33.6 cm³/mol. The second kappa shape index (κ2) is 1.89. The van der Waals surface area contributed by atoms with Crippen molar-refractivity contribution in [2.75, 3.05) is 0 Å². The van der Waals surface area contributed by atoms with Gasteiger partial charge in [0.05, 0.1) is 5.57 Å². The lowest BCUT2D eigenvalue weighted by Gasteiger charge is -1.87. The highest BCUT2D eigenvalue weighted by Crippen LogP contribution is 1.96. The number of nitrogens with zero attached hydrogens (tertiary/aromatic N) is 2. The number of allylic oxidation sites excluding steroid dienone is 1. The van der Waals surface area contributed by atoms with Gasteiger partial charge in [0, 0.05) is 4.99 Å². The molecule has 0 aromatic rings. The maximum atomic E-state index is 8.79. The smallest absolute Gasteiger partial charge is 0.475 e. The van der Waals surface area contributed by atoms with E-state index in [0.29, 0.717) is 5.57 Å². The summed E-state index contributed by atoms with van der Waals surface area (Å²) in [5.74, 6) is -0.178. The van der Waals surface area contributed by atoms with Crippen LogP contribution in [0.25, 0.3) is 0 Å². The van der Waals surface area contributed by atoms with Crippen molar-refractivity contribution < 1.29 is 10.2 Å². The van der Waals surface area contributed by atoms with E-state index in [1.807, 2.05) is 0 Å². The molecule has 4 nitrogen and oxygen atoms in total.